The molecule has 1 atom stereocenters. The van der Waals surface area contributed by atoms with E-state index in [-0.39, 0.29) is 18.2 Å². The lowest BCUT2D eigenvalue weighted by Gasteiger charge is -2.17. The first-order valence-electron chi connectivity index (χ1n) is 7.74. The number of aryl methyl sites for hydroxylation is 2. The Morgan fingerprint density at radius 3 is 2.75 bits per heavy atom. The zero-order valence-electron chi connectivity index (χ0n) is 13.8. The fourth-order valence-electron chi connectivity index (χ4n) is 2.96. The Labute approximate surface area is 145 Å². The minimum Gasteiger partial charge on any atom is -0.323 e. The standard InChI is InChI=1S/C17H19ClN4O2/c1-10-16(11(2)21(3)20-10)19-17(24)12-7-15(23)22(9-12)14-6-4-5-13(18)8-14/h4-6,8,12H,7,9H2,1-3H3,(H,19,24). The molecule has 6 nitrogen and oxygen atoms in total. The van der Waals surface area contributed by atoms with E-state index in [9.17, 15) is 9.59 Å². The number of halogens is 1. The number of hydrogen-bond acceptors (Lipinski definition) is 3. The Morgan fingerprint density at radius 1 is 1.38 bits per heavy atom. The number of nitrogens with one attached hydrogen (secondary N) is 1. The maximum absolute atomic E-state index is 12.6. The summed E-state index contributed by atoms with van der Waals surface area (Å²) in [6.07, 6.45) is 0.191. The Bertz CT molecular complexity index is 815. The van der Waals surface area contributed by atoms with Crippen LogP contribution in [0.4, 0.5) is 11.4 Å². The molecule has 0 radical (unpaired) electrons. The van der Waals surface area contributed by atoms with E-state index in [0.717, 1.165) is 22.8 Å². The van der Waals surface area contributed by atoms with E-state index in [4.69, 9.17) is 11.6 Å². The number of rotatable bonds is 3. The van der Waals surface area contributed by atoms with Crippen LogP contribution in [0.25, 0.3) is 0 Å². The summed E-state index contributed by atoms with van der Waals surface area (Å²) in [5.41, 5.74) is 3.09. The summed E-state index contributed by atoms with van der Waals surface area (Å²) in [4.78, 5) is 26.5. The Balaban J connectivity index is 1.74. The zero-order chi connectivity index (χ0) is 17.4. The van der Waals surface area contributed by atoms with E-state index in [2.05, 4.69) is 10.4 Å². The minimum absolute atomic E-state index is 0.0722. The highest BCUT2D eigenvalue weighted by molar-refractivity contribution is 6.31. The van der Waals surface area contributed by atoms with Gasteiger partial charge in [0.05, 0.1) is 23.0 Å². The summed E-state index contributed by atoms with van der Waals surface area (Å²) >= 11 is 5.99. The van der Waals surface area contributed by atoms with Crippen molar-refractivity contribution in [1.82, 2.24) is 9.78 Å². The van der Waals surface area contributed by atoms with Gasteiger partial charge in [0.2, 0.25) is 11.8 Å². The summed E-state index contributed by atoms with van der Waals surface area (Å²) in [6, 6.07) is 7.10. The molecule has 1 aromatic heterocycles. The topological polar surface area (TPSA) is 67.2 Å². The van der Waals surface area contributed by atoms with Crippen molar-refractivity contribution in [3.63, 3.8) is 0 Å². The fourth-order valence-corrected chi connectivity index (χ4v) is 3.14. The third kappa shape index (κ3) is 3.01. The summed E-state index contributed by atoms with van der Waals surface area (Å²) in [7, 11) is 1.83. The minimum atomic E-state index is -0.393. The first-order valence-corrected chi connectivity index (χ1v) is 8.11. The van der Waals surface area contributed by atoms with E-state index >= 15 is 0 Å². The largest absolute Gasteiger partial charge is 0.323 e. The third-order valence-corrected chi connectivity index (χ3v) is 4.61. The number of carbonyl (C=O) groups excluding carboxylic acids is 2. The van der Waals surface area contributed by atoms with Crippen molar-refractivity contribution in [2.45, 2.75) is 20.3 Å². The maximum Gasteiger partial charge on any atom is 0.229 e. The van der Waals surface area contributed by atoms with Gasteiger partial charge in [0.15, 0.2) is 0 Å². The maximum atomic E-state index is 12.6. The lowest BCUT2D eigenvalue weighted by molar-refractivity contribution is -0.122. The molecule has 126 valence electrons. The van der Waals surface area contributed by atoms with Crippen molar-refractivity contribution >= 4 is 34.8 Å². The van der Waals surface area contributed by atoms with Crippen LogP contribution in [0.15, 0.2) is 24.3 Å². The van der Waals surface area contributed by atoms with Gasteiger partial charge in [0.25, 0.3) is 0 Å². The Hall–Kier alpha value is -2.34. The highest BCUT2D eigenvalue weighted by atomic mass is 35.5. The van der Waals surface area contributed by atoms with E-state index in [1.807, 2.05) is 27.0 Å². The highest BCUT2D eigenvalue weighted by Crippen LogP contribution is 2.28. The van der Waals surface area contributed by atoms with E-state index < -0.39 is 5.92 Å². The first-order chi connectivity index (χ1) is 11.4. The molecule has 1 N–H and O–H groups in total. The number of amides is 2. The molecule has 1 fully saturated rings. The predicted molar refractivity (Wildman–Crippen MR) is 93.2 cm³/mol. The van der Waals surface area contributed by atoms with Crippen LogP contribution in [0, 0.1) is 19.8 Å². The summed E-state index contributed by atoms with van der Waals surface area (Å²) in [5.74, 6) is -0.625. The molecule has 2 heterocycles. The van der Waals surface area contributed by atoms with Gasteiger partial charge in [-0.25, -0.2) is 0 Å². The second-order valence-electron chi connectivity index (χ2n) is 6.04. The van der Waals surface area contributed by atoms with Gasteiger partial charge < -0.3 is 10.2 Å². The molecule has 0 aliphatic carbocycles. The van der Waals surface area contributed by atoms with Gasteiger partial charge in [0.1, 0.15) is 0 Å². The van der Waals surface area contributed by atoms with Crippen LogP contribution in [0.5, 0.6) is 0 Å². The quantitative estimate of drug-likeness (QED) is 0.929. The van der Waals surface area contributed by atoms with Gasteiger partial charge in [0, 0.05) is 30.7 Å². The molecule has 3 rings (SSSR count). The lowest BCUT2D eigenvalue weighted by Crippen LogP contribution is -2.28. The van der Waals surface area contributed by atoms with Crippen molar-refractivity contribution in [2.24, 2.45) is 13.0 Å². The average molecular weight is 347 g/mol. The molecule has 0 saturated carbocycles. The van der Waals surface area contributed by atoms with E-state index in [1.165, 1.54) is 0 Å². The van der Waals surface area contributed by atoms with Crippen LogP contribution in [0.3, 0.4) is 0 Å². The zero-order valence-corrected chi connectivity index (χ0v) is 14.6. The van der Waals surface area contributed by atoms with E-state index in [1.54, 1.807) is 27.8 Å². The number of nitrogens with zero attached hydrogens (tertiary/aromatic N) is 3. The number of hydrogen-bond donors (Lipinski definition) is 1. The average Bonchev–Trinajstić information content (AvgIpc) is 3.03. The van der Waals surface area contributed by atoms with Crippen LogP contribution in [0.1, 0.15) is 17.8 Å². The molecule has 1 saturated heterocycles. The van der Waals surface area contributed by atoms with Crippen molar-refractivity contribution in [3.8, 4) is 0 Å². The molecule has 1 aromatic carbocycles. The molecular weight excluding hydrogens is 328 g/mol. The van der Waals surface area contributed by atoms with Gasteiger partial charge in [-0.15, -0.1) is 0 Å². The predicted octanol–water partition coefficient (Wildman–Crippen LogP) is 2.68. The normalized spacial score (nSPS) is 17.4. The number of benzene rings is 1. The molecule has 1 aliphatic rings. The second-order valence-corrected chi connectivity index (χ2v) is 6.48. The van der Waals surface area contributed by atoms with Crippen molar-refractivity contribution in [2.75, 3.05) is 16.8 Å². The second kappa shape index (κ2) is 6.28. The van der Waals surface area contributed by atoms with Crippen LogP contribution in [0.2, 0.25) is 5.02 Å². The molecule has 24 heavy (non-hydrogen) atoms. The van der Waals surface area contributed by atoms with Gasteiger partial charge in [-0.05, 0) is 32.0 Å². The molecule has 7 heteroatoms. The smallest absolute Gasteiger partial charge is 0.229 e. The Kier molecular flexibility index (Phi) is 4.32. The number of anilines is 2. The van der Waals surface area contributed by atoms with Gasteiger partial charge in [-0.3, -0.25) is 14.3 Å². The van der Waals surface area contributed by atoms with Crippen molar-refractivity contribution < 1.29 is 9.59 Å². The first kappa shape index (κ1) is 16.5. The molecule has 0 spiro atoms. The summed E-state index contributed by atoms with van der Waals surface area (Å²) in [5, 5.41) is 7.77. The monoisotopic (exact) mass is 346 g/mol. The van der Waals surface area contributed by atoms with Crippen LogP contribution >= 0.6 is 11.6 Å². The van der Waals surface area contributed by atoms with Crippen LogP contribution in [-0.2, 0) is 16.6 Å². The summed E-state index contributed by atoms with van der Waals surface area (Å²) < 4.78 is 1.73. The molecule has 2 aromatic rings. The lowest BCUT2D eigenvalue weighted by atomic mass is 10.1. The molecule has 0 bridgehead atoms. The van der Waals surface area contributed by atoms with Crippen LogP contribution in [-0.4, -0.2) is 28.1 Å². The van der Waals surface area contributed by atoms with Gasteiger partial charge in [-0.1, -0.05) is 17.7 Å². The Morgan fingerprint density at radius 2 is 2.12 bits per heavy atom. The molecule has 1 aliphatic heterocycles. The van der Waals surface area contributed by atoms with Gasteiger partial charge in [-0.2, -0.15) is 5.10 Å². The summed E-state index contributed by atoms with van der Waals surface area (Å²) in [6.45, 7) is 4.09. The van der Waals surface area contributed by atoms with Crippen molar-refractivity contribution in [3.05, 3.63) is 40.7 Å². The fraction of sp³-hybridized carbons (Fsp3) is 0.353. The highest BCUT2D eigenvalue weighted by Gasteiger charge is 2.35. The van der Waals surface area contributed by atoms with Gasteiger partial charge >= 0.3 is 0 Å². The van der Waals surface area contributed by atoms with Crippen molar-refractivity contribution in [1.29, 1.82) is 0 Å². The molecular formula is C17H19ClN4O2. The number of aromatic nitrogens is 2. The third-order valence-electron chi connectivity index (χ3n) is 4.37. The molecule has 2 amide bonds. The molecule has 1 unspecified atom stereocenters. The van der Waals surface area contributed by atoms with Crippen LogP contribution < -0.4 is 10.2 Å². The SMILES string of the molecule is Cc1nn(C)c(C)c1NC(=O)C1CC(=O)N(c2cccc(Cl)c2)C1. The van der Waals surface area contributed by atoms with E-state index in [0.29, 0.717) is 11.6 Å². The number of carbonyl (C=O) groups is 2.